The molecule has 0 aliphatic carbocycles. The summed E-state index contributed by atoms with van der Waals surface area (Å²) in [6.07, 6.45) is 0. The van der Waals surface area contributed by atoms with E-state index in [1.165, 1.54) is 11.7 Å². The molecule has 0 atom stereocenters. The molecule has 2 aromatic carbocycles. The van der Waals surface area contributed by atoms with E-state index in [0.29, 0.717) is 11.6 Å². The third kappa shape index (κ3) is 2.55. The van der Waals surface area contributed by atoms with Crippen LogP contribution < -0.4 is 10.1 Å². The molecule has 0 bridgehead atoms. The summed E-state index contributed by atoms with van der Waals surface area (Å²) in [6.45, 7) is 0.667. The van der Waals surface area contributed by atoms with E-state index < -0.39 is 0 Å². The van der Waals surface area contributed by atoms with Crippen molar-refractivity contribution >= 4 is 40.0 Å². The van der Waals surface area contributed by atoms with Gasteiger partial charge in [-0.25, -0.2) is 0 Å². The van der Waals surface area contributed by atoms with Crippen LogP contribution >= 0.6 is 23.3 Å². The van der Waals surface area contributed by atoms with E-state index in [-0.39, 0.29) is 0 Å². The van der Waals surface area contributed by atoms with E-state index in [9.17, 15) is 0 Å². The maximum absolute atomic E-state index is 6.23. The van der Waals surface area contributed by atoms with Crippen molar-refractivity contribution in [1.82, 2.24) is 8.75 Å². The zero-order valence-corrected chi connectivity index (χ0v) is 12.3. The maximum atomic E-state index is 6.23. The topological polar surface area (TPSA) is 47.0 Å². The number of fused-ring (bicyclic) bond motifs is 1. The Hall–Kier alpha value is -1.85. The fraction of sp³-hybridized carbons (Fsp3) is 0.143. The molecule has 0 unspecified atom stereocenters. The zero-order chi connectivity index (χ0) is 13.9. The number of benzene rings is 2. The van der Waals surface area contributed by atoms with Crippen molar-refractivity contribution in [3.8, 4) is 5.75 Å². The van der Waals surface area contributed by atoms with E-state index in [2.05, 4.69) is 14.1 Å². The smallest absolute Gasteiger partial charge is 0.129 e. The van der Waals surface area contributed by atoms with Crippen LogP contribution in [0.5, 0.6) is 5.75 Å². The highest BCUT2D eigenvalue weighted by atomic mass is 35.5. The van der Waals surface area contributed by atoms with E-state index in [1.54, 1.807) is 7.11 Å². The molecule has 1 heterocycles. The van der Waals surface area contributed by atoms with Gasteiger partial charge in [0.1, 0.15) is 16.8 Å². The predicted molar refractivity (Wildman–Crippen MR) is 82.7 cm³/mol. The maximum Gasteiger partial charge on any atom is 0.129 e. The van der Waals surface area contributed by atoms with Crippen LogP contribution in [-0.2, 0) is 6.54 Å². The minimum absolute atomic E-state index is 0.652. The molecule has 0 amide bonds. The summed E-state index contributed by atoms with van der Waals surface area (Å²) in [5.41, 5.74) is 3.64. The average molecular weight is 306 g/mol. The number of methoxy groups -OCH3 is 1. The standard InChI is InChI=1S/C14H12ClN3OS/c1-19-10-4-2-9(3-5-10)8-16-13-11(15)6-7-12-14(13)18-20-17-12/h2-7,16H,8H2,1H3. The molecular formula is C14H12ClN3OS. The van der Waals surface area contributed by atoms with Gasteiger partial charge < -0.3 is 10.1 Å². The summed E-state index contributed by atoms with van der Waals surface area (Å²) in [7, 11) is 1.66. The Morgan fingerprint density at radius 3 is 2.70 bits per heavy atom. The first-order chi connectivity index (χ1) is 9.78. The molecule has 0 aliphatic rings. The number of nitrogens with zero attached hydrogens (tertiary/aromatic N) is 2. The summed E-state index contributed by atoms with van der Waals surface area (Å²) >= 11 is 7.42. The number of hydrogen-bond donors (Lipinski definition) is 1. The van der Waals surface area contributed by atoms with Crippen LogP contribution in [0.4, 0.5) is 5.69 Å². The quantitative estimate of drug-likeness (QED) is 0.792. The number of ether oxygens (including phenoxy) is 1. The minimum atomic E-state index is 0.652. The molecule has 1 N–H and O–H groups in total. The number of rotatable bonds is 4. The molecular weight excluding hydrogens is 294 g/mol. The normalized spacial score (nSPS) is 10.7. The van der Waals surface area contributed by atoms with Crippen LogP contribution in [0.25, 0.3) is 11.0 Å². The molecule has 0 saturated carbocycles. The lowest BCUT2D eigenvalue weighted by molar-refractivity contribution is 0.414. The number of anilines is 1. The Morgan fingerprint density at radius 1 is 1.15 bits per heavy atom. The molecule has 102 valence electrons. The fourth-order valence-corrected chi connectivity index (χ4v) is 2.69. The van der Waals surface area contributed by atoms with Crippen molar-refractivity contribution in [2.24, 2.45) is 0 Å². The lowest BCUT2D eigenvalue weighted by Crippen LogP contribution is -2.00. The highest BCUT2D eigenvalue weighted by molar-refractivity contribution is 7.00. The Bertz CT molecular complexity index is 727. The van der Waals surface area contributed by atoms with Gasteiger partial charge in [-0.3, -0.25) is 0 Å². The van der Waals surface area contributed by atoms with Crippen LogP contribution in [0.2, 0.25) is 5.02 Å². The van der Waals surface area contributed by atoms with E-state index in [1.807, 2.05) is 36.4 Å². The Kier molecular flexibility index (Phi) is 3.71. The summed E-state index contributed by atoms with van der Waals surface area (Å²) < 4.78 is 13.6. The average Bonchev–Trinajstić information content (AvgIpc) is 2.95. The van der Waals surface area contributed by atoms with E-state index in [0.717, 1.165) is 28.0 Å². The molecule has 3 aromatic rings. The lowest BCUT2D eigenvalue weighted by atomic mass is 10.2. The van der Waals surface area contributed by atoms with Crippen molar-refractivity contribution in [1.29, 1.82) is 0 Å². The van der Waals surface area contributed by atoms with Crippen LogP contribution in [0, 0.1) is 0 Å². The van der Waals surface area contributed by atoms with Crippen LogP contribution in [0.15, 0.2) is 36.4 Å². The van der Waals surface area contributed by atoms with Crippen molar-refractivity contribution in [3.05, 3.63) is 47.0 Å². The van der Waals surface area contributed by atoms with Gasteiger partial charge in [0.25, 0.3) is 0 Å². The lowest BCUT2D eigenvalue weighted by Gasteiger charge is -2.09. The molecule has 0 spiro atoms. The van der Waals surface area contributed by atoms with E-state index in [4.69, 9.17) is 16.3 Å². The van der Waals surface area contributed by atoms with Gasteiger partial charge in [-0.2, -0.15) is 8.75 Å². The second-order valence-electron chi connectivity index (χ2n) is 4.26. The third-order valence-electron chi connectivity index (χ3n) is 3.01. The summed E-state index contributed by atoms with van der Waals surface area (Å²) in [6, 6.07) is 11.6. The van der Waals surface area contributed by atoms with Gasteiger partial charge in [0, 0.05) is 6.54 Å². The first kappa shape index (κ1) is 13.1. The van der Waals surface area contributed by atoms with Gasteiger partial charge in [-0.05, 0) is 29.8 Å². The molecule has 4 nitrogen and oxygen atoms in total. The largest absolute Gasteiger partial charge is 0.497 e. The van der Waals surface area contributed by atoms with Gasteiger partial charge in [0.2, 0.25) is 0 Å². The monoisotopic (exact) mass is 305 g/mol. The predicted octanol–water partition coefficient (Wildman–Crippen LogP) is 3.97. The Labute approximate surface area is 125 Å². The van der Waals surface area contributed by atoms with Gasteiger partial charge in [-0.15, -0.1) is 0 Å². The number of halogens is 1. The van der Waals surface area contributed by atoms with Gasteiger partial charge in [-0.1, -0.05) is 23.7 Å². The fourth-order valence-electron chi connectivity index (χ4n) is 1.93. The molecule has 0 saturated heterocycles. The number of nitrogens with one attached hydrogen (secondary N) is 1. The second-order valence-corrected chi connectivity index (χ2v) is 5.19. The van der Waals surface area contributed by atoms with E-state index >= 15 is 0 Å². The van der Waals surface area contributed by atoms with Gasteiger partial charge in [0.05, 0.1) is 29.5 Å². The molecule has 20 heavy (non-hydrogen) atoms. The first-order valence-corrected chi connectivity index (χ1v) is 7.16. The molecule has 3 rings (SSSR count). The first-order valence-electron chi connectivity index (χ1n) is 6.05. The van der Waals surface area contributed by atoms with Crippen molar-refractivity contribution < 1.29 is 4.74 Å². The van der Waals surface area contributed by atoms with Crippen LogP contribution in [0.1, 0.15) is 5.56 Å². The minimum Gasteiger partial charge on any atom is -0.497 e. The van der Waals surface area contributed by atoms with Crippen molar-refractivity contribution in [2.45, 2.75) is 6.54 Å². The Balaban J connectivity index is 1.82. The number of aromatic nitrogens is 2. The SMILES string of the molecule is COc1ccc(CNc2c(Cl)ccc3nsnc23)cc1. The Morgan fingerprint density at radius 2 is 1.95 bits per heavy atom. The summed E-state index contributed by atoms with van der Waals surface area (Å²) in [5, 5.41) is 3.98. The van der Waals surface area contributed by atoms with Gasteiger partial charge >= 0.3 is 0 Å². The van der Waals surface area contributed by atoms with Crippen molar-refractivity contribution in [3.63, 3.8) is 0 Å². The second kappa shape index (κ2) is 5.64. The highest BCUT2D eigenvalue weighted by Crippen LogP contribution is 2.30. The molecule has 6 heteroatoms. The molecule has 0 fully saturated rings. The number of hydrogen-bond acceptors (Lipinski definition) is 5. The molecule has 0 aliphatic heterocycles. The van der Waals surface area contributed by atoms with Crippen LogP contribution in [0.3, 0.4) is 0 Å². The molecule has 0 radical (unpaired) electrons. The van der Waals surface area contributed by atoms with Gasteiger partial charge in [0.15, 0.2) is 0 Å². The highest BCUT2D eigenvalue weighted by Gasteiger charge is 2.09. The summed E-state index contributed by atoms with van der Waals surface area (Å²) in [4.78, 5) is 0. The van der Waals surface area contributed by atoms with Crippen LogP contribution in [-0.4, -0.2) is 15.9 Å². The third-order valence-corrected chi connectivity index (χ3v) is 3.86. The summed E-state index contributed by atoms with van der Waals surface area (Å²) in [5.74, 6) is 0.845. The zero-order valence-electron chi connectivity index (χ0n) is 10.8. The van der Waals surface area contributed by atoms with Crippen molar-refractivity contribution in [2.75, 3.05) is 12.4 Å². The molecule has 1 aromatic heterocycles.